The molecule has 0 radical (unpaired) electrons. The number of pyridine rings is 1. The largest absolute Gasteiger partial charge is 0.497 e. The Balaban J connectivity index is 1.88. The van der Waals surface area contributed by atoms with E-state index in [0.717, 1.165) is 0 Å². The average molecular weight is 339 g/mol. The van der Waals surface area contributed by atoms with Crippen LogP contribution in [0.3, 0.4) is 0 Å². The SMILES string of the molecule is COc1ccc(OC)c(COC(=O)c2cc(=O)[nH]c3ccccc23)c1. The van der Waals surface area contributed by atoms with E-state index in [2.05, 4.69) is 4.98 Å². The van der Waals surface area contributed by atoms with Gasteiger partial charge in [0.1, 0.15) is 18.1 Å². The molecule has 0 saturated carbocycles. The van der Waals surface area contributed by atoms with E-state index in [1.165, 1.54) is 13.2 Å². The molecule has 0 aliphatic carbocycles. The van der Waals surface area contributed by atoms with Crippen molar-refractivity contribution >= 4 is 16.9 Å². The van der Waals surface area contributed by atoms with Gasteiger partial charge in [0.15, 0.2) is 0 Å². The Hall–Kier alpha value is -3.28. The van der Waals surface area contributed by atoms with Gasteiger partial charge in [-0.15, -0.1) is 0 Å². The van der Waals surface area contributed by atoms with Crippen LogP contribution in [-0.2, 0) is 11.3 Å². The third-order valence-corrected chi connectivity index (χ3v) is 3.82. The second-order valence-corrected chi connectivity index (χ2v) is 5.35. The maximum atomic E-state index is 12.5. The van der Waals surface area contributed by atoms with Crippen LogP contribution < -0.4 is 15.0 Å². The average Bonchev–Trinajstić information content (AvgIpc) is 2.65. The van der Waals surface area contributed by atoms with E-state index in [-0.39, 0.29) is 17.7 Å². The van der Waals surface area contributed by atoms with Gasteiger partial charge in [0.05, 0.1) is 19.8 Å². The third-order valence-electron chi connectivity index (χ3n) is 3.82. The summed E-state index contributed by atoms with van der Waals surface area (Å²) in [6.45, 7) is 0.000330. The van der Waals surface area contributed by atoms with Gasteiger partial charge in [-0.25, -0.2) is 4.79 Å². The number of esters is 1. The minimum atomic E-state index is -0.577. The van der Waals surface area contributed by atoms with Gasteiger partial charge >= 0.3 is 5.97 Å². The first-order chi connectivity index (χ1) is 12.1. The highest BCUT2D eigenvalue weighted by Crippen LogP contribution is 2.25. The molecular formula is C19H17NO5. The molecule has 0 spiro atoms. The fourth-order valence-corrected chi connectivity index (χ4v) is 2.59. The van der Waals surface area contributed by atoms with Crippen molar-refractivity contribution in [3.63, 3.8) is 0 Å². The van der Waals surface area contributed by atoms with Crippen molar-refractivity contribution in [2.45, 2.75) is 6.61 Å². The number of nitrogens with one attached hydrogen (secondary N) is 1. The van der Waals surface area contributed by atoms with Gasteiger partial charge in [-0.2, -0.15) is 0 Å². The number of carbonyl (C=O) groups is 1. The van der Waals surface area contributed by atoms with Crippen LogP contribution in [0.1, 0.15) is 15.9 Å². The number of carbonyl (C=O) groups excluding carboxylic acids is 1. The molecule has 6 nitrogen and oxygen atoms in total. The van der Waals surface area contributed by atoms with Crippen molar-refractivity contribution in [2.75, 3.05) is 14.2 Å². The number of methoxy groups -OCH3 is 2. The Labute approximate surface area is 144 Å². The second kappa shape index (κ2) is 7.09. The molecule has 3 rings (SSSR count). The monoisotopic (exact) mass is 339 g/mol. The first-order valence-electron chi connectivity index (χ1n) is 7.62. The van der Waals surface area contributed by atoms with Gasteiger partial charge in [-0.3, -0.25) is 4.79 Å². The zero-order valence-corrected chi connectivity index (χ0v) is 13.9. The van der Waals surface area contributed by atoms with Gasteiger partial charge in [0, 0.05) is 22.5 Å². The second-order valence-electron chi connectivity index (χ2n) is 5.35. The summed E-state index contributed by atoms with van der Waals surface area (Å²) in [5.41, 5.74) is 1.12. The van der Waals surface area contributed by atoms with Crippen LogP contribution in [0.5, 0.6) is 11.5 Å². The Morgan fingerprint density at radius 3 is 2.60 bits per heavy atom. The summed E-state index contributed by atoms with van der Waals surface area (Å²) in [5, 5.41) is 0.629. The number of benzene rings is 2. The number of para-hydroxylation sites is 1. The summed E-state index contributed by atoms with van der Waals surface area (Å²) < 4.78 is 15.8. The van der Waals surface area contributed by atoms with Crippen LogP contribution in [0.2, 0.25) is 0 Å². The zero-order valence-electron chi connectivity index (χ0n) is 13.9. The molecule has 2 aromatic carbocycles. The standard InChI is InChI=1S/C19H17NO5/c1-23-13-7-8-17(24-2)12(9-13)11-25-19(22)15-10-18(21)20-16-6-4-3-5-14(15)16/h3-10H,11H2,1-2H3,(H,20,21). The van der Waals surface area contributed by atoms with Crippen LogP contribution in [0.25, 0.3) is 10.9 Å². The molecule has 6 heteroatoms. The molecule has 25 heavy (non-hydrogen) atoms. The first kappa shape index (κ1) is 16.6. The van der Waals surface area contributed by atoms with Crippen molar-refractivity contribution in [1.82, 2.24) is 4.98 Å². The number of fused-ring (bicyclic) bond motifs is 1. The number of aromatic nitrogens is 1. The number of H-pyrrole nitrogens is 1. The summed E-state index contributed by atoms with van der Waals surface area (Å²) >= 11 is 0. The Kier molecular flexibility index (Phi) is 4.70. The molecule has 0 unspecified atom stereocenters. The molecule has 0 amide bonds. The number of ether oxygens (including phenoxy) is 3. The van der Waals surface area contributed by atoms with Crippen LogP contribution in [0.15, 0.2) is 53.3 Å². The fourth-order valence-electron chi connectivity index (χ4n) is 2.59. The summed E-state index contributed by atoms with van der Waals surface area (Å²) in [6.07, 6.45) is 0. The van der Waals surface area contributed by atoms with Gasteiger partial charge in [0.25, 0.3) is 0 Å². The van der Waals surface area contributed by atoms with Crippen molar-refractivity contribution < 1.29 is 19.0 Å². The molecule has 1 N–H and O–H groups in total. The molecule has 0 aliphatic heterocycles. The van der Waals surface area contributed by atoms with E-state index in [9.17, 15) is 9.59 Å². The van der Waals surface area contributed by atoms with E-state index in [4.69, 9.17) is 14.2 Å². The first-order valence-corrected chi connectivity index (χ1v) is 7.62. The smallest absolute Gasteiger partial charge is 0.339 e. The molecule has 0 aliphatic rings. The predicted molar refractivity (Wildman–Crippen MR) is 93.2 cm³/mol. The van der Waals surface area contributed by atoms with Gasteiger partial charge in [0.2, 0.25) is 5.56 Å². The van der Waals surface area contributed by atoms with Crippen LogP contribution in [0.4, 0.5) is 0 Å². The summed E-state index contributed by atoms with van der Waals surface area (Å²) in [6, 6.07) is 13.6. The molecule has 3 aromatic rings. The van der Waals surface area contributed by atoms with Gasteiger partial charge < -0.3 is 19.2 Å². The minimum Gasteiger partial charge on any atom is -0.497 e. The predicted octanol–water partition coefficient (Wildman–Crippen LogP) is 2.90. The van der Waals surface area contributed by atoms with Gasteiger partial charge in [-0.1, -0.05) is 18.2 Å². The van der Waals surface area contributed by atoms with Crippen LogP contribution >= 0.6 is 0 Å². The number of hydrogen-bond acceptors (Lipinski definition) is 5. The van der Waals surface area contributed by atoms with E-state index in [1.54, 1.807) is 49.6 Å². The molecular weight excluding hydrogens is 322 g/mol. The Bertz CT molecular complexity index is 977. The topological polar surface area (TPSA) is 77.6 Å². The molecule has 0 bridgehead atoms. The molecule has 128 valence electrons. The number of aromatic amines is 1. The zero-order chi connectivity index (χ0) is 17.8. The van der Waals surface area contributed by atoms with Crippen LogP contribution in [-0.4, -0.2) is 25.2 Å². The lowest BCUT2D eigenvalue weighted by Crippen LogP contribution is -2.13. The molecule has 0 atom stereocenters. The Morgan fingerprint density at radius 2 is 1.84 bits per heavy atom. The summed E-state index contributed by atoms with van der Waals surface area (Å²) in [4.78, 5) is 27.0. The molecule has 0 saturated heterocycles. The lowest BCUT2D eigenvalue weighted by Gasteiger charge is -2.11. The molecule has 1 heterocycles. The van der Waals surface area contributed by atoms with Crippen molar-refractivity contribution in [2.24, 2.45) is 0 Å². The Morgan fingerprint density at radius 1 is 1.04 bits per heavy atom. The van der Waals surface area contributed by atoms with Gasteiger partial charge in [-0.05, 0) is 24.3 Å². The maximum Gasteiger partial charge on any atom is 0.339 e. The normalized spacial score (nSPS) is 10.5. The lowest BCUT2D eigenvalue weighted by molar-refractivity contribution is 0.0472. The summed E-state index contributed by atoms with van der Waals surface area (Å²) in [7, 11) is 3.09. The van der Waals surface area contributed by atoms with Crippen LogP contribution in [0, 0.1) is 0 Å². The highest BCUT2D eigenvalue weighted by Gasteiger charge is 2.15. The third kappa shape index (κ3) is 3.47. The van der Waals surface area contributed by atoms with E-state index >= 15 is 0 Å². The van der Waals surface area contributed by atoms with E-state index < -0.39 is 5.97 Å². The highest BCUT2D eigenvalue weighted by molar-refractivity contribution is 6.03. The fraction of sp³-hybridized carbons (Fsp3) is 0.158. The lowest BCUT2D eigenvalue weighted by atomic mass is 10.1. The van der Waals surface area contributed by atoms with Crippen molar-refractivity contribution in [1.29, 1.82) is 0 Å². The highest BCUT2D eigenvalue weighted by atomic mass is 16.5. The quantitative estimate of drug-likeness (QED) is 0.723. The van der Waals surface area contributed by atoms with E-state index in [0.29, 0.717) is 28.0 Å². The number of rotatable bonds is 5. The summed E-state index contributed by atoms with van der Waals surface area (Å²) in [5.74, 6) is 0.644. The molecule has 1 aromatic heterocycles. The van der Waals surface area contributed by atoms with Crippen molar-refractivity contribution in [3.8, 4) is 11.5 Å². The minimum absolute atomic E-state index is 0.000330. The van der Waals surface area contributed by atoms with Crippen molar-refractivity contribution in [3.05, 3.63) is 70.0 Å². The number of hydrogen-bond donors (Lipinski definition) is 1. The maximum absolute atomic E-state index is 12.5. The molecule has 0 fully saturated rings. The van der Waals surface area contributed by atoms with E-state index in [1.807, 2.05) is 0 Å².